The van der Waals surface area contributed by atoms with Crippen molar-refractivity contribution in [2.24, 2.45) is 0 Å². The molecule has 0 amide bonds. The van der Waals surface area contributed by atoms with E-state index >= 15 is 0 Å². The number of rotatable bonds is 2. The van der Waals surface area contributed by atoms with Gasteiger partial charge >= 0.3 is 0 Å². The Morgan fingerprint density at radius 3 is 2.71 bits per heavy atom. The highest BCUT2D eigenvalue weighted by molar-refractivity contribution is 7.98. The minimum absolute atomic E-state index is 0.0435. The van der Waals surface area contributed by atoms with Crippen LogP contribution < -0.4 is 0 Å². The van der Waals surface area contributed by atoms with E-state index in [1.165, 1.54) is 0 Å². The van der Waals surface area contributed by atoms with Gasteiger partial charge in [0.05, 0.1) is 5.92 Å². The van der Waals surface area contributed by atoms with E-state index in [2.05, 4.69) is 0 Å². The van der Waals surface area contributed by atoms with E-state index in [9.17, 15) is 9.59 Å². The summed E-state index contributed by atoms with van der Waals surface area (Å²) < 4.78 is 0. The number of hydrogen-bond acceptors (Lipinski definition) is 3. The Morgan fingerprint density at radius 1 is 1.19 bits per heavy atom. The Balaban J connectivity index is 2.07. The van der Waals surface area contributed by atoms with Crippen molar-refractivity contribution in [3.63, 3.8) is 0 Å². The van der Waals surface area contributed by atoms with Gasteiger partial charge in [-0.3, -0.25) is 9.59 Å². The van der Waals surface area contributed by atoms with Crippen LogP contribution in [0.2, 0.25) is 0 Å². The molecule has 1 heterocycles. The van der Waals surface area contributed by atoms with Gasteiger partial charge in [-0.15, -0.1) is 11.8 Å². The number of thioether (sulfide) groups is 1. The molecule has 1 aliphatic rings. The second-order valence-electron chi connectivity index (χ2n) is 5.06. The normalized spacial score (nSPS) is 14.9. The van der Waals surface area contributed by atoms with Crippen LogP contribution >= 0.6 is 23.4 Å². The van der Waals surface area contributed by atoms with Crippen LogP contribution in [-0.4, -0.2) is 11.0 Å². The Morgan fingerprint density at radius 2 is 1.95 bits per heavy atom. The first-order chi connectivity index (χ1) is 10.1. The molecule has 3 rings (SSSR count). The van der Waals surface area contributed by atoms with Gasteiger partial charge in [-0.2, -0.15) is 0 Å². The third-order valence-corrected chi connectivity index (χ3v) is 5.17. The monoisotopic (exact) mass is 316 g/mol. The molecule has 2 aromatic rings. The van der Waals surface area contributed by atoms with Gasteiger partial charge < -0.3 is 0 Å². The lowest BCUT2D eigenvalue weighted by Gasteiger charge is -2.10. The van der Waals surface area contributed by atoms with Crippen molar-refractivity contribution in [1.29, 1.82) is 0 Å². The molecule has 0 saturated carbocycles. The van der Waals surface area contributed by atoms with E-state index in [-0.39, 0.29) is 16.9 Å². The van der Waals surface area contributed by atoms with Gasteiger partial charge in [-0.25, -0.2) is 0 Å². The number of ketones is 1. The second kappa shape index (κ2) is 5.66. The lowest BCUT2D eigenvalue weighted by molar-refractivity contribution is -0.112. The van der Waals surface area contributed by atoms with Gasteiger partial charge in [0.15, 0.2) is 5.78 Å². The van der Waals surface area contributed by atoms with Crippen molar-refractivity contribution in [1.82, 2.24) is 0 Å². The van der Waals surface area contributed by atoms with Crippen molar-refractivity contribution in [2.75, 3.05) is 0 Å². The Labute approximate surface area is 132 Å². The molecule has 4 heteroatoms. The van der Waals surface area contributed by atoms with Gasteiger partial charge in [0.1, 0.15) is 0 Å². The molecule has 1 aliphatic heterocycles. The maximum Gasteiger partial charge on any atom is 0.228 e. The minimum atomic E-state index is -0.386. The molecular formula is C17H13ClO2S. The molecule has 0 bridgehead atoms. The highest BCUT2D eigenvalue weighted by Gasteiger charge is 2.23. The first-order valence-corrected chi connectivity index (χ1v) is 8.03. The Hall–Kier alpha value is -1.58. The predicted octanol–water partition coefficient (Wildman–Crippen LogP) is 4.39. The Kier molecular flexibility index (Phi) is 3.87. The van der Waals surface area contributed by atoms with E-state index < -0.39 is 0 Å². The zero-order valence-corrected chi connectivity index (χ0v) is 13.0. The van der Waals surface area contributed by atoms with Crippen LogP contribution in [0.25, 0.3) is 0 Å². The lowest BCUT2D eigenvalue weighted by atomic mass is 9.96. The van der Waals surface area contributed by atoms with Crippen LogP contribution in [0, 0.1) is 0 Å². The molecule has 2 aromatic carbocycles. The fourth-order valence-electron chi connectivity index (χ4n) is 2.41. The van der Waals surface area contributed by atoms with Crippen molar-refractivity contribution < 1.29 is 9.59 Å². The highest BCUT2D eigenvalue weighted by atomic mass is 35.5. The van der Waals surface area contributed by atoms with E-state index in [0.717, 1.165) is 27.3 Å². The summed E-state index contributed by atoms with van der Waals surface area (Å²) in [4.78, 5) is 24.9. The molecule has 106 valence electrons. The SMILES string of the molecule is CC(C(=O)Cl)c1ccc2c(c1)SCc1ccccc1C2=O. The number of carbonyl (C=O) groups excluding carboxylic acids is 2. The summed E-state index contributed by atoms with van der Waals surface area (Å²) in [6, 6.07) is 13.2. The summed E-state index contributed by atoms with van der Waals surface area (Å²) in [5, 5.41) is -0.386. The molecule has 0 aromatic heterocycles. The summed E-state index contributed by atoms with van der Waals surface area (Å²) in [6.45, 7) is 1.77. The minimum Gasteiger partial charge on any atom is -0.289 e. The number of carbonyl (C=O) groups is 2. The second-order valence-corrected chi connectivity index (χ2v) is 6.45. The van der Waals surface area contributed by atoms with Crippen molar-refractivity contribution in [2.45, 2.75) is 23.5 Å². The molecule has 0 spiro atoms. The zero-order chi connectivity index (χ0) is 15.0. The van der Waals surface area contributed by atoms with Crippen LogP contribution in [0.5, 0.6) is 0 Å². The van der Waals surface area contributed by atoms with Crippen molar-refractivity contribution in [3.8, 4) is 0 Å². The molecule has 0 fully saturated rings. The van der Waals surface area contributed by atoms with Crippen LogP contribution in [0.1, 0.15) is 39.9 Å². The third kappa shape index (κ3) is 2.63. The van der Waals surface area contributed by atoms with Gasteiger partial charge in [-0.1, -0.05) is 37.3 Å². The molecule has 21 heavy (non-hydrogen) atoms. The topological polar surface area (TPSA) is 34.1 Å². The van der Waals surface area contributed by atoms with Crippen LogP contribution in [-0.2, 0) is 10.5 Å². The highest BCUT2D eigenvalue weighted by Crippen LogP contribution is 2.35. The molecule has 1 atom stereocenters. The lowest BCUT2D eigenvalue weighted by Crippen LogP contribution is -2.06. The summed E-state index contributed by atoms with van der Waals surface area (Å²) in [7, 11) is 0. The fraction of sp³-hybridized carbons (Fsp3) is 0.176. The molecule has 2 nitrogen and oxygen atoms in total. The van der Waals surface area contributed by atoms with E-state index in [1.807, 2.05) is 36.4 Å². The van der Waals surface area contributed by atoms with E-state index in [1.54, 1.807) is 24.8 Å². The quantitative estimate of drug-likeness (QED) is 0.770. The number of benzene rings is 2. The zero-order valence-electron chi connectivity index (χ0n) is 11.4. The summed E-state index contributed by atoms with van der Waals surface area (Å²) >= 11 is 7.19. The van der Waals surface area contributed by atoms with Gasteiger partial charge in [-0.05, 0) is 34.9 Å². The average Bonchev–Trinajstić information content (AvgIpc) is 2.64. The maximum atomic E-state index is 12.6. The van der Waals surface area contributed by atoms with Crippen LogP contribution in [0.3, 0.4) is 0 Å². The summed E-state index contributed by atoms with van der Waals surface area (Å²) in [6.07, 6.45) is 0. The molecular weight excluding hydrogens is 304 g/mol. The molecule has 1 unspecified atom stereocenters. The van der Waals surface area contributed by atoms with E-state index in [0.29, 0.717) is 5.56 Å². The number of fused-ring (bicyclic) bond motifs is 2. The predicted molar refractivity (Wildman–Crippen MR) is 85.2 cm³/mol. The average molecular weight is 317 g/mol. The van der Waals surface area contributed by atoms with Gasteiger partial charge in [0.25, 0.3) is 0 Å². The van der Waals surface area contributed by atoms with Crippen LogP contribution in [0.15, 0.2) is 47.4 Å². The maximum absolute atomic E-state index is 12.6. The van der Waals surface area contributed by atoms with Gasteiger partial charge in [0.2, 0.25) is 5.24 Å². The molecule has 0 N–H and O–H groups in total. The number of hydrogen-bond donors (Lipinski definition) is 0. The van der Waals surface area contributed by atoms with Crippen LogP contribution in [0.4, 0.5) is 0 Å². The summed E-state index contributed by atoms with van der Waals surface area (Å²) in [5.74, 6) is 0.432. The van der Waals surface area contributed by atoms with Crippen molar-refractivity contribution >= 4 is 34.4 Å². The molecule has 0 aliphatic carbocycles. The first-order valence-electron chi connectivity index (χ1n) is 6.66. The summed E-state index contributed by atoms with van der Waals surface area (Å²) in [5.41, 5.74) is 3.35. The molecule has 0 radical (unpaired) electrons. The Bertz CT molecular complexity index is 739. The first kappa shape index (κ1) is 14.4. The number of halogens is 1. The van der Waals surface area contributed by atoms with Crippen molar-refractivity contribution in [3.05, 3.63) is 64.7 Å². The van der Waals surface area contributed by atoms with E-state index in [4.69, 9.17) is 11.6 Å². The third-order valence-electron chi connectivity index (χ3n) is 3.74. The standard InChI is InChI=1S/C17H13ClO2S/c1-10(17(18)20)11-6-7-14-15(8-11)21-9-12-4-2-3-5-13(12)16(14)19/h2-8,10H,9H2,1H3. The largest absolute Gasteiger partial charge is 0.289 e. The van der Waals surface area contributed by atoms with Gasteiger partial charge in [0, 0.05) is 21.8 Å². The smallest absolute Gasteiger partial charge is 0.228 e. The molecule has 0 saturated heterocycles. The fourth-order valence-corrected chi connectivity index (χ4v) is 3.64.